The zero-order valence-electron chi connectivity index (χ0n) is 16.6. The fourth-order valence-corrected chi connectivity index (χ4v) is 4.19. The van der Waals surface area contributed by atoms with Gasteiger partial charge in [0.1, 0.15) is 24.3 Å². The zero-order valence-corrected chi connectivity index (χ0v) is 16.6. The Morgan fingerprint density at radius 1 is 1.03 bits per heavy atom. The molecule has 0 spiro atoms. The predicted molar refractivity (Wildman–Crippen MR) is 114 cm³/mol. The van der Waals surface area contributed by atoms with Crippen LogP contribution < -0.4 is 10.1 Å². The van der Waals surface area contributed by atoms with E-state index < -0.39 is 0 Å². The summed E-state index contributed by atoms with van der Waals surface area (Å²) in [5.41, 5.74) is 4.67. The van der Waals surface area contributed by atoms with E-state index in [1.165, 1.54) is 24.0 Å². The van der Waals surface area contributed by atoms with Crippen molar-refractivity contribution in [2.75, 3.05) is 18.5 Å². The maximum atomic E-state index is 5.96. The molecule has 3 heterocycles. The summed E-state index contributed by atoms with van der Waals surface area (Å²) in [5.74, 6) is 1.99. The molecule has 5 heteroatoms. The Kier molecular flexibility index (Phi) is 5.22. The molecule has 0 bridgehead atoms. The second-order valence-electron chi connectivity index (χ2n) is 7.78. The predicted octanol–water partition coefficient (Wildman–Crippen LogP) is 5.05. The Labute approximate surface area is 171 Å². The molecule has 1 unspecified atom stereocenters. The van der Waals surface area contributed by atoms with Gasteiger partial charge in [0.05, 0.1) is 11.4 Å². The highest BCUT2D eigenvalue weighted by molar-refractivity contribution is 5.55. The van der Waals surface area contributed by atoms with Crippen molar-refractivity contribution in [2.45, 2.75) is 44.8 Å². The number of rotatable bonds is 5. The first-order valence-corrected chi connectivity index (χ1v) is 10.6. The molecule has 0 aliphatic carbocycles. The minimum Gasteiger partial charge on any atom is -0.489 e. The van der Waals surface area contributed by atoms with Gasteiger partial charge in [0.15, 0.2) is 0 Å². The van der Waals surface area contributed by atoms with E-state index >= 15 is 0 Å². The van der Waals surface area contributed by atoms with Crippen LogP contribution in [0.4, 0.5) is 5.82 Å². The molecule has 2 aliphatic rings. The highest BCUT2D eigenvalue weighted by Crippen LogP contribution is 2.36. The molecule has 0 amide bonds. The summed E-state index contributed by atoms with van der Waals surface area (Å²) in [4.78, 5) is 0. The Hall–Kier alpha value is -2.79. The first-order chi connectivity index (χ1) is 14.4. The van der Waals surface area contributed by atoms with Gasteiger partial charge in [-0.15, -0.1) is 0 Å². The number of hydrogen-bond donors (Lipinski definition) is 1. The SMILES string of the molecule is c1ccc(COc2ccc(-n3nc(C4CCCO4)c4c3NCCCC4)cc2)cc1. The highest BCUT2D eigenvalue weighted by Gasteiger charge is 2.28. The molecule has 29 heavy (non-hydrogen) atoms. The summed E-state index contributed by atoms with van der Waals surface area (Å²) < 4.78 is 14.0. The lowest BCUT2D eigenvalue weighted by atomic mass is 10.0. The van der Waals surface area contributed by atoms with Crippen molar-refractivity contribution in [3.63, 3.8) is 0 Å². The maximum absolute atomic E-state index is 5.96. The third-order valence-electron chi connectivity index (χ3n) is 5.72. The Morgan fingerprint density at radius 2 is 1.90 bits per heavy atom. The quantitative estimate of drug-likeness (QED) is 0.663. The lowest BCUT2D eigenvalue weighted by Crippen LogP contribution is -2.07. The Balaban J connectivity index is 1.40. The second kappa shape index (κ2) is 8.29. The van der Waals surface area contributed by atoms with E-state index in [4.69, 9.17) is 14.6 Å². The normalized spacial score (nSPS) is 18.7. The standard InChI is InChI=1S/C24H27N3O2/c1-2-7-18(8-3-1)17-29-20-13-11-19(12-14-20)27-24-21(9-4-5-15-25-24)23(26-27)22-10-6-16-28-22/h1-3,7-8,11-14,22,25H,4-6,9-10,15-17H2. The van der Waals surface area contributed by atoms with Gasteiger partial charge in [-0.05, 0) is 61.9 Å². The van der Waals surface area contributed by atoms with E-state index in [1.807, 2.05) is 30.3 Å². The molecule has 150 valence electrons. The first kappa shape index (κ1) is 18.3. The molecule has 5 rings (SSSR count). The van der Waals surface area contributed by atoms with E-state index in [-0.39, 0.29) is 6.10 Å². The number of aromatic nitrogens is 2. The maximum Gasteiger partial charge on any atom is 0.133 e. The van der Waals surface area contributed by atoms with Gasteiger partial charge in [-0.25, -0.2) is 4.68 Å². The van der Waals surface area contributed by atoms with Crippen LogP contribution in [0.15, 0.2) is 54.6 Å². The minimum atomic E-state index is 0.137. The van der Waals surface area contributed by atoms with Crippen LogP contribution in [0.5, 0.6) is 5.75 Å². The summed E-state index contributed by atoms with van der Waals surface area (Å²) in [5, 5.41) is 8.61. The fraction of sp³-hybridized carbons (Fsp3) is 0.375. The Morgan fingerprint density at radius 3 is 2.69 bits per heavy atom. The van der Waals surface area contributed by atoms with Crippen LogP contribution in [0.3, 0.4) is 0 Å². The van der Waals surface area contributed by atoms with Crippen LogP contribution >= 0.6 is 0 Å². The van der Waals surface area contributed by atoms with Gasteiger partial charge in [0.2, 0.25) is 0 Å². The summed E-state index contributed by atoms with van der Waals surface area (Å²) in [7, 11) is 0. The average Bonchev–Trinajstić information content (AvgIpc) is 3.35. The first-order valence-electron chi connectivity index (χ1n) is 10.6. The topological polar surface area (TPSA) is 48.3 Å². The number of nitrogens with zero attached hydrogens (tertiary/aromatic N) is 2. The second-order valence-corrected chi connectivity index (χ2v) is 7.78. The monoisotopic (exact) mass is 389 g/mol. The van der Waals surface area contributed by atoms with Gasteiger partial charge in [-0.1, -0.05) is 30.3 Å². The van der Waals surface area contributed by atoms with Crippen molar-refractivity contribution in [1.29, 1.82) is 0 Å². The Bertz CT molecular complexity index is 944. The van der Waals surface area contributed by atoms with E-state index in [0.29, 0.717) is 6.61 Å². The van der Waals surface area contributed by atoms with Crippen molar-refractivity contribution in [1.82, 2.24) is 9.78 Å². The molecule has 5 nitrogen and oxygen atoms in total. The summed E-state index contributed by atoms with van der Waals surface area (Å²) in [6, 6.07) is 18.4. The van der Waals surface area contributed by atoms with Crippen LogP contribution in [-0.2, 0) is 17.8 Å². The molecule has 2 aromatic carbocycles. The smallest absolute Gasteiger partial charge is 0.133 e. The molecule has 1 saturated heterocycles. The average molecular weight is 389 g/mol. The van der Waals surface area contributed by atoms with E-state index in [0.717, 1.165) is 55.4 Å². The number of nitrogens with one attached hydrogen (secondary N) is 1. The highest BCUT2D eigenvalue weighted by atomic mass is 16.5. The van der Waals surface area contributed by atoms with Gasteiger partial charge in [-0.3, -0.25) is 0 Å². The largest absolute Gasteiger partial charge is 0.489 e. The van der Waals surface area contributed by atoms with Gasteiger partial charge in [0.25, 0.3) is 0 Å². The van der Waals surface area contributed by atoms with Gasteiger partial charge in [-0.2, -0.15) is 5.10 Å². The molecule has 0 saturated carbocycles. The summed E-state index contributed by atoms with van der Waals surface area (Å²) >= 11 is 0. The van der Waals surface area contributed by atoms with Crippen molar-refractivity contribution in [3.8, 4) is 11.4 Å². The summed E-state index contributed by atoms with van der Waals surface area (Å²) in [6.45, 7) is 2.40. The third kappa shape index (κ3) is 3.87. The molecular weight excluding hydrogens is 362 g/mol. The number of hydrogen-bond acceptors (Lipinski definition) is 4. The molecule has 2 aliphatic heterocycles. The lowest BCUT2D eigenvalue weighted by molar-refractivity contribution is 0.107. The van der Waals surface area contributed by atoms with Gasteiger partial charge in [0, 0.05) is 18.7 Å². The number of fused-ring (bicyclic) bond motifs is 1. The molecule has 1 aromatic heterocycles. The fourth-order valence-electron chi connectivity index (χ4n) is 4.19. The number of benzene rings is 2. The lowest BCUT2D eigenvalue weighted by Gasteiger charge is -2.11. The van der Waals surface area contributed by atoms with E-state index in [9.17, 15) is 0 Å². The number of ether oxygens (including phenoxy) is 2. The van der Waals surface area contributed by atoms with E-state index in [1.54, 1.807) is 0 Å². The number of anilines is 1. The van der Waals surface area contributed by atoms with Gasteiger partial charge >= 0.3 is 0 Å². The molecule has 1 N–H and O–H groups in total. The molecule has 1 atom stereocenters. The van der Waals surface area contributed by atoms with Crippen molar-refractivity contribution in [3.05, 3.63) is 71.4 Å². The van der Waals surface area contributed by atoms with Crippen LogP contribution in [-0.4, -0.2) is 22.9 Å². The van der Waals surface area contributed by atoms with Crippen molar-refractivity contribution < 1.29 is 9.47 Å². The van der Waals surface area contributed by atoms with Gasteiger partial charge < -0.3 is 14.8 Å². The zero-order chi connectivity index (χ0) is 19.5. The minimum absolute atomic E-state index is 0.137. The van der Waals surface area contributed by atoms with Crippen molar-refractivity contribution >= 4 is 5.82 Å². The van der Waals surface area contributed by atoms with Crippen LogP contribution in [0, 0.1) is 0 Å². The van der Waals surface area contributed by atoms with Crippen LogP contribution in [0.25, 0.3) is 5.69 Å². The molecule has 1 fully saturated rings. The third-order valence-corrected chi connectivity index (χ3v) is 5.72. The van der Waals surface area contributed by atoms with Crippen molar-refractivity contribution in [2.24, 2.45) is 0 Å². The molecular formula is C24H27N3O2. The van der Waals surface area contributed by atoms with E-state index in [2.05, 4.69) is 34.3 Å². The summed E-state index contributed by atoms with van der Waals surface area (Å²) in [6.07, 6.45) is 5.76. The molecule has 0 radical (unpaired) electrons. The molecule has 3 aromatic rings. The van der Waals surface area contributed by atoms with Crippen LogP contribution in [0.1, 0.15) is 48.6 Å². The van der Waals surface area contributed by atoms with Crippen LogP contribution in [0.2, 0.25) is 0 Å².